The Balaban J connectivity index is 2.16. The lowest BCUT2D eigenvalue weighted by Crippen LogP contribution is -2.30. The Morgan fingerprint density at radius 3 is 3.00 bits per heavy atom. The maximum absolute atomic E-state index is 9.69. The van der Waals surface area contributed by atoms with Gasteiger partial charge in [0.2, 0.25) is 0 Å². The van der Waals surface area contributed by atoms with Crippen molar-refractivity contribution in [3.63, 3.8) is 0 Å². The summed E-state index contributed by atoms with van der Waals surface area (Å²) in [6, 6.07) is 5.86. The number of rotatable bonds is 2. The molecule has 1 atom stereocenters. The Kier molecular flexibility index (Phi) is 3.65. The molecule has 0 aliphatic carbocycles. The number of nitriles is 1. The molecular weight excluding hydrogens is 212 g/mol. The van der Waals surface area contributed by atoms with Gasteiger partial charge in [0.1, 0.15) is 11.8 Å². The topological polar surface area (TPSA) is 56.0 Å². The van der Waals surface area contributed by atoms with Crippen molar-refractivity contribution in [1.29, 1.82) is 5.26 Å². The van der Waals surface area contributed by atoms with E-state index in [9.17, 15) is 5.11 Å². The number of phenolic OH excluding ortho intramolecular Hbond substituents is 1. The average Bonchev–Trinajstić information content (AvgIpc) is 2.35. The molecule has 3 nitrogen and oxygen atoms in total. The predicted molar refractivity (Wildman–Crippen MR) is 66.9 cm³/mol. The van der Waals surface area contributed by atoms with Crippen LogP contribution in [0.25, 0.3) is 0 Å². The van der Waals surface area contributed by atoms with Gasteiger partial charge in [-0.05, 0) is 62.4 Å². The predicted octanol–water partition coefficient (Wildman–Crippen LogP) is 2.11. The molecule has 1 aromatic rings. The number of hydrogen-bond donors (Lipinski definition) is 2. The van der Waals surface area contributed by atoms with Gasteiger partial charge >= 0.3 is 0 Å². The molecule has 0 bridgehead atoms. The van der Waals surface area contributed by atoms with Gasteiger partial charge in [0.15, 0.2) is 0 Å². The third-order valence-electron chi connectivity index (χ3n) is 3.40. The lowest BCUT2D eigenvalue weighted by Gasteiger charge is -2.23. The molecule has 1 unspecified atom stereocenters. The van der Waals surface area contributed by atoms with Gasteiger partial charge in [-0.25, -0.2) is 0 Å². The van der Waals surface area contributed by atoms with Crippen LogP contribution in [-0.4, -0.2) is 18.2 Å². The van der Waals surface area contributed by atoms with Crippen molar-refractivity contribution in [1.82, 2.24) is 5.32 Å². The van der Waals surface area contributed by atoms with E-state index < -0.39 is 0 Å². The summed E-state index contributed by atoms with van der Waals surface area (Å²) in [6.45, 7) is 4.02. The van der Waals surface area contributed by atoms with E-state index in [0.717, 1.165) is 30.6 Å². The highest BCUT2D eigenvalue weighted by Crippen LogP contribution is 2.25. The molecule has 1 fully saturated rings. The first-order valence-electron chi connectivity index (χ1n) is 6.14. The van der Waals surface area contributed by atoms with Crippen LogP contribution in [0.4, 0.5) is 0 Å². The van der Waals surface area contributed by atoms with E-state index in [0.29, 0.717) is 11.5 Å². The standard InChI is InChI=1S/C14H18N2O/c1-10-5-12(7-13(8-15)14(10)17)6-11-3-2-4-16-9-11/h5,7,11,16-17H,2-4,6,9H2,1H3. The smallest absolute Gasteiger partial charge is 0.136 e. The van der Waals surface area contributed by atoms with Crippen LogP contribution in [0.3, 0.4) is 0 Å². The molecule has 90 valence electrons. The van der Waals surface area contributed by atoms with Crippen molar-refractivity contribution in [2.75, 3.05) is 13.1 Å². The number of aromatic hydroxyl groups is 1. The zero-order chi connectivity index (χ0) is 12.3. The maximum atomic E-state index is 9.69. The second-order valence-electron chi connectivity index (χ2n) is 4.84. The van der Waals surface area contributed by atoms with Gasteiger partial charge in [0.05, 0.1) is 5.56 Å². The van der Waals surface area contributed by atoms with Crippen molar-refractivity contribution in [3.05, 3.63) is 28.8 Å². The van der Waals surface area contributed by atoms with Crippen molar-refractivity contribution in [2.45, 2.75) is 26.2 Å². The summed E-state index contributed by atoms with van der Waals surface area (Å²) in [5.74, 6) is 0.775. The zero-order valence-corrected chi connectivity index (χ0v) is 10.2. The number of nitrogens with one attached hydrogen (secondary N) is 1. The van der Waals surface area contributed by atoms with Gasteiger partial charge in [0.25, 0.3) is 0 Å². The van der Waals surface area contributed by atoms with E-state index in [1.807, 2.05) is 25.1 Å². The first-order chi connectivity index (χ1) is 8.20. The minimum atomic E-state index is 0.123. The molecule has 1 saturated heterocycles. The van der Waals surface area contributed by atoms with Crippen molar-refractivity contribution >= 4 is 0 Å². The van der Waals surface area contributed by atoms with E-state index >= 15 is 0 Å². The Labute approximate surface area is 102 Å². The van der Waals surface area contributed by atoms with Gasteiger partial charge in [-0.1, -0.05) is 6.07 Å². The van der Waals surface area contributed by atoms with Crippen LogP contribution in [0, 0.1) is 24.2 Å². The Morgan fingerprint density at radius 1 is 1.53 bits per heavy atom. The number of aryl methyl sites for hydroxylation is 1. The van der Waals surface area contributed by atoms with E-state index in [4.69, 9.17) is 5.26 Å². The molecule has 17 heavy (non-hydrogen) atoms. The molecule has 1 aliphatic rings. The van der Waals surface area contributed by atoms with Crippen molar-refractivity contribution in [2.24, 2.45) is 5.92 Å². The third kappa shape index (κ3) is 2.78. The van der Waals surface area contributed by atoms with Gasteiger partial charge < -0.3 is 10.4 Å². The van der Waals surface area contributed by atoms with Crippen LogP contribution < -0.4 is 5.32 Å². The molecule has 0 aromatic heterocycles. The van der Waals surface area contributed by atoms with Gasteiger partial charge in [0, 0.05) is 0 Å². The largest absolute Gasteiger partial charge is 0.506 e. The molecule has 0 saturated carbocycles. The van der Waals surface area contributed by atoms with E-state index in [2.05, 4.69) is 5.32 Å². The number of nitrogens with zero attached hydrogens (tertiary/aromatic N) is 1. The zero-order valence-electron chi connectivity index (χ0n) is 10.2. The highest BCUT2D eigenvalue weighted by molar-refractivity contribution is 5.49. The van der Waals surface area contributed by atoms with Crippen LogP contribution in [-0.2, 0) is 6.42 Å². The number of piperidine rings is 1. The van der Waals surface area contributed by atoms with Crippen LogP contribution in [0.2, 0.25) is 0 Å². The molecule has 1 aliphatic heterocycles. The SMILES string of the molecule is Cc1cc(CC2CCCNC2)cc(C#N)c1O. The normalized spacial score (nSPS) is 19.9. The summed E-state index contributed by atoms with van der Waals surface area (Å²) in [7, 11) is 0. The van der Waals surface area contributed by atoms with Gasteiger partial charge in [-0.2, -0.15) is 5.26 Å². The highest BCUT2D eigenvalue weighted by atomic mass is 16.3. The molecule has 3 heteroatoms. The Bertz CT molecular complexity index is 442. The second-order valence-corrected chi connectivity index (χ2v) is 4.84. The molecule has 2 N–H and O–H groups in total. The molecule has 1 heterocycles. The van der Waals surface area contributed by atoms with Crippen LogP contribution in [0.15, 0.2) is 12.1 Å². The van der Waals surface area contributed by atoms with Gasteiger partial charge in [-0.15, -0.1) is 0 Å². The monoisotopic (exact) mass is 230 g/mol. The van der Waals surface area contributed by atoms with Gasteiger partial charge in [-0.3, -0.25) is 0 Å². The summed E-state index contributed by atoms with van der Waals surface area (Å²) >= 11 is 0. The number of phenols is 1. The summed E-state index contributed by atoms with van der Waals surface area (Å²) < 4.78 is 0. The third-order valence-corrected chi connectivity index (χ3v) is 3.40. The minimum absolute atomic E-state index is 0.123. The molecule has 2 rings (SSSR count). The van der Waals surface area contributed by atoms with Crippen molar-refractivity contribution in [3.8, 4) is 11.8 Å². The summed E-state index contributed by atoms with van der Waals surface area (Å²) in [4.78, 5) is 0. The fourth-order valence-electron chi connectivity index (χ4n) is 2.49. The summed E-state index contributed by atoms with van der Waals surface area (Å²) in [5, 5.41) is 22.0. The highest BCUT2D eigenvalue weighted by Gasteiger charge is 2.15. The lowest BCUT2D eigenvalue weighted by molar-refractivity contribution is 0.376. The summed E-state index contributed by atoms with van der Waals surface area (Å²) in [6.07, 6.45) is 3.46. The van der Waals surface area contributed by atoms with E-state index in [1.54, 1.807) is 0 Å². The Hall–Kier alpha value is -1.53. The second kappa shape index (κ2) is 5.20. The first kappa shape index (κ1) is 11.9. The molecular formula is C14H18N2O. The first-order valence-corrected chi connectivity index (χ1v) is 6.14. The Morgan fingerprint density at radius 2 is 2.35 bits per heavy atom. The molecule has 1 aromatic carbocycles. The van der Waals surface area contributed by atoms with Crippen molar-refractivity contribution < 1.29 is 5.11 Å². The maximum Gasteiger partial charge on any atom is 0.136 e. The number of hydrogen-bond acceptors (Lipinski definition) is 3. The van der Waals surface area contributed by atoms with E-state index in [1.165, 1.54) is 12.8 Å². The average molecular weight is 230 g/mol. The fraction of sp³-hybridized carbons (Fsp3) is 0.500. The minimum Gasteiger partial charge on any atom is -0.506 e. The van der Waals surface area contributed by atoms with Crippen LogP contribution in [0.5, 0.6) is 5.75 Å². The molecule has 0 radical (unpaired) electrons. The molecule has 0 amide bonds. The van der Waals surface area contributed by atoms with Crippen LogP contribution >= 0.6 is 0 Å². The number of benzene rings is 1. The summed E-state index contributed by atoms with van der Waals surface area (Å²) in [5.41, 5.74) is 2.34. The quantitative estimate of drug-likeness (QED) is 0.818. The lowest BCUT2D eigenvalue weighted by atomic mass is 9.91. The molecule has 0 spiro atoms. The van der Waals surface area contributed by atoms with Crippen LogP contribution in [0.1, 0.15) is 29.5 Å². The fourth-order valence-corrected chi connectivity index (χ4v) is 2.49. The van der Waals surface area contributed by atoms with E-state index in [-0.39, 0.29) is 5.75 Å².